The van der Waals surface area contributed by atoms with E-state index in [0.29, 0.717) is 33.0 Å². The largest absolute Gasteiger partial charge is 0.394 e. The minimum Gasteiger partial charge on any atom is -0.394 e. The number of aliphatic hydroxyl groups excluding tert-OH is 2. The quantitative estimate of drug-likeness (QED) is 0.442. The lowest BCUT2D eigenvalue weighted by Gasteiger charge is -2.34. The highest BCUT2D eigenvalue weighted by Gasteiger charge is 2.45. The van der Waals surface area contributed by atoms with Crippen molar-refractivity contribution in [1.29, 1.82) is 0 Å². The number of anilines is 3. The van der Waals surface area contributed by atoms with Crippen LogP contribution in [0, 0.1) is 5.41 Å². The first-order valence-electron chi connectivity index (χ1n) is 10.6. The molecule has 1 amide bonds. The molecule has 0 unspecified atom stereocenters. The summed E-state index contributed by atoms with van der Waals surface area (Å²) in [5, 5.41) is 25.2. The second-order valence-corrected chi connectivity index (χ2v) is 9.67. The van der Waals surface area contributed by atoms with Crippen LogP contribution in [0.15, 0.2) is 34.9 Å². The normalized spacial score (nSPS) is 17.5. The second-order valence-electron chi connectivity index (χ2n) is 8.86. The number of rotatable bonds is 7. The number of halogens is 1. The molecule has 1 aliphatic carbocycles. The zero-order valence-corrected chi connectivity index (χ0v) is 19.2. The Labute approximate surface area is 190 Å². The molecule has 0 radical (unpaired) electrons. The van der Waals surface area contributed by atoms with Gasteiger partial charge in [-0.15, -0.1) is 0 Å². The van der Waals surface area contributed by atoms with Crippen molar-refractivity contribution in [2.24, 2.45) is 5.41 Å². The van der Waals surface area contributed by atoms with Crippen molar-refractivity contribution in [1.82, 2.24) is 9.97 Å². The van der Waals surface area contributed by atoms with Crippen molar-refractivity contribution in [2.45, 2.75) is 38.1 Å². The van der Waals surface area contributed by atoms with Gasteiger partial charge in [-0.3, -0.25) is 4.79 Å². The molecule has 1 saturated carbocycles. The second kappa shape index (κ2) is 8.72. The molecule has 0 aromatic carbocycles. The zero-order valence-electron chi connectivity index (χ0n) is 17.6. The van der Waals surface area contributed by atoms with Crippen molar-refractivity contribution < 1.29 is 15.0 Å². The lowest BCUT2D eigenvalue weighted by atomic mass is 9.93. The molecular weight excluding hydrogens is 462 g/mol. The number of nitrogens with one attached hydrogen (secondary N) is 2. The average molecular weight is 490 g/mol. The minimum absolute atomic E-state index is 0.246. The first kappa shape index (κ1) is 22.0. The molecule has 0 bridgehead atoms. The molecule has 3 heterocycles. The highest BCUT2D eigenvalue weighted by atomic mass is 79.9. The number of carbonyl (C=O) groups excluding carboxylic acids is 1. The van der Waals surface area contributed by atoms with Gasteiger partial charge < -0.3 is 25.7 Å². The number of carbonyl (C=O) groups is 1. The van der Waals surface area contributed by atoms with Crippen LogP contribution in [0.2, 0.25) is 0 Å². The summed E-state index contributed by atoms with van der Waals surface area (Å²) in [6, 6.07) is 8.77. The van der Waals surface area contributed by atoms with Crippen LogP contribution in [-0.4, -0.2) is 57.9 Å². The Kier molecular flexibility index (Phi) is 6.18. The van der Waals surface area contributed by atoms with Gasteiger partial charge >= 0.3 is 0 Å². The number of aliphatic hydroxyl groups is 2. The number of amides is 1. The molecule has 1 aliphatic heterocycles. The highest BCUT2D eigenvalue weighted by Crippen LogP contribution is 2.54. The van der Waals surface area contributed by atoms with E-state index < -0.39 is 5.54 Å². The summed E-state index contributed by atoms with van der Waals surface area (Å²) >= 11 is 3.32. The molecule has 2 aromatic rings. The van der Waals surface area contributed by atoms with Crippen molar-refractivity contribution in [2.75, 3.05) is 41.8 Å². The fraction of sp³-hybridized carbons (Fsp3) is 0.500. The summed E-state index contributed by atoms with van der Waals surface area (Å²) in [6.07, 6.45) is 4.80. The Morgan fingerprint density at radius 3 is 2.42 bits per heavy atom. The van der Waals surface area contributed by atoms with Gasteiger partial charge in [-0.25, -0.2) is 9.97 Å². The highest BCUT2D eigenvalue weighted by molar-refractivity contribution is 9.10. The van der Waals surface area contributed by atoms with Gasteiger partial charge in [0, 0.05) is 13.1 Å². The SMILES string of the molecule is CC(CO)(CO)Nc1ccc(C(=O)Nc2cccc(Br)n2)c(N2CCC3(CC2)CC3)n1. The standard InChI is InChI=1S/C22H28BrN5O3/c1-21(13-29,14-30)27-18-6-5-15(20(31)26-17-4-2-3-16(23)24-17)19(25-18)28-11-9-22(7-8-22)10-12-28/h2-6,29-30H,7-14H2,1H3,(H,25,27)(H,24,26,31). The summed E-state index contributed by atoms with van der Waals surface area (Å²) in [7, 11) is 0. The fourth-order valence-corrected chi connectivity index (χ4v) is 4.25. The van der Waals surface area contributed by atoms with Gasteiger partial charge in [0.2, 0.25) is 0 Å². The van der Waals surface area contributed by atoms with Gasteiger partial charge in [0.25, 0.3) is 5.91 Å². The van der Waals surface area contributed by atoms with E-state index in [2.05, 4.69) is 36.4 Å². The molecule has 8 nitrogen and oxygen atoms in total. The van der Waals surface area contributed by atoms with E-state index in [-0.39, 0.29) is 19.1 Å². The fourth-order valence-electron chi connectivity index (χ4n) is 3.91. The summed E-state index contributed by atoms with van der Waals surface area (Å²) in [5.74, 6) is 1.28. The lowest BCUT2D eigenvalue weighted by Crippen LogP contribution is -2.43. The molecule has 2 aliphatic rings. The van der Waals surface area contributed by atoms with Gasteiger partial charge in [-0.2, -0.15) is 0 Å². The average Bonchev–Trinajstić information content (AvgIpc) is 3.53. The maximum atomic E-state index is 13.1. The van der Waals surface area contributed by atoms with Crippen LogP contribution in [0.25, 0.3) is 0 Å². The first-order chi connectivity index (χ1) is 14.9. The summed E-state index contributed by atoms with van der Waals surface area (Å²) in [6.45, 7) is 2.92. The maximum absolute atomic E-state index is 13.1. The van der Waals surface area contributed by atoms with Gasteiger partial charge in [0.15, 0.2) is 0 Å². The van der Waals surface area contributed by atoms with Crippen LogP contribution < -0.4 is 15.5 Å². The van der Waals surface area contributed by atoms with E-state index in [9.17, 15) is 15.0 Å². The van der Waals surface area contributed by atoms with Crippen LogP contribution in [0.1, 0.15) is 43.0 Å². The Morgan fingerprint density at radius 2 is 1.81 bits per heavy atom. The molecule has 2 fully saturated rings. The maximum Gasteiger partial charge on any atom is 0.260 e. The minimum atomic E-state index is -0.908. The van der Waals surface area contributed by atoms with Crippen molar-refractivity contribution in [3.63, 3.8) is 0 Å². The van der Waals surface area contributed by atoms with Gasteiger partial charge in [-0.05, 0) is 78.2 Å². The monoisotopic (exact) mass is 489 g/mol. The van der Waals surface area contributed by atoms with Crippen LogP contribution in [0.4, 0.5) is 17.5 Å². The number of aromatic nitrogens is 2. The third-order valence-electron chi connectivity index (χ3n) is 6.28. The van der Waals surface area contributed by atoms with Crippen LogP contribution in [-0.2, 0) is 0 Å². The number of piperidine rings is 1. The Hall–Kier alpha value is -2.23. The van der Waals surface area contributed by atoms with Crippen molar-refractivity contribution in [3.05, 3.63) is 40.5 Å². The molecule has 1 saturated heterocycles. The third-order valence-corrected chi connectivity index (χ3v) is 6.73. The molecule has 4 N–H and O–H groups in total. The van der Waals surface area contributed by atoms with Gasteiger partial charge in [0.1, 0.15) is 22.1 Å². The number of pyridine rings is 2. The lowest BCUT2D eigenvalue weighted by molar-refractivity contribution is 0.102. The predicted octanol–water partition coefficient (Wildman–Crippen LogP) is 3.03. The molecule has 1 spiro atoms. The molecule has 9 heteroatoms. The van der Waals surface area contributed by atoms with Crippen LogP contribution in [0.5, 0.6) is 0 Å². The van der Waals surface area contributed by atoms with E-state index in [0.717, 1.165) is 25.9 Å². The van der Waals surface area contributed by atoms with Crippen molar-refractivity contribution in [3.8, 4) is 0 Å². The third kappa shape index (κ3) is 4.99. The first-order valence-corrected chi connectivity index (χ1v) is 11.3. The van der Waals surface area contributed by atoms with E-state index in [1.807, 2.05) is 6.07 Å². The van der Waals surface area contributed by atoms with E-state index in [1.165, 1.54) is 12.8 Å². The number of hydrogen-bond donors (Lipinski definition) is 4. The van der Waals surface area contributed by atoms with Crippen LogP contribution >= 0.6 is 15.9 Å². The van der Waals surface area contributed by atoms with Crippen LogP contribution in [0.3, 0.4) is 0 Å². The number of nitrogens with zero attached hydrogens (tertiary/aromatic N) is 3. The van der Waals surface area contributed by atoms with Crippen molar-refractivity contribution >= 4 is 39.3 Å². The Bertz CT molecular complexity index is 952. The smallest absolute Gasteiger partial charge is 0.260 e. The Balaban J connectivity index is 1.62. The zero-order chi connectivity index (χ0) is 22.1. The molecule has 0 atom stereocenters. The summed E-state index contributed by atoms with van der Waals surface area (Å²) in [4.78, 5) is 24.3. The Morgan fingerprint density at radius 1 is 1.10 bits per heavy atom. The molecule has 2 aromatic heterocycles. The molecular formula is C22H28BrN5O3. The number of hydrogen-bond acceptors (Lipinski definition) is 7. The topological polar surface area (TPSA) is 111 Å². The molecule has 4 rings (SSSR count). The van der Waals surface area contributed by atoms with E-state index in [4.69, 9.17) is 4.98 Å². The summed E-state index contributed by atoms with van der Waals surface area (Å²) in [5.41, 5.74) is 0.0593. The molecule has 31 heavy (non-hydrogen) atoms. The van der Waals surface area contributed by atoms with E-state index >= 15 is 0 Å². The van der Waals surface area contributed by atoms with Gasteiger partial charge in [0.05, 0.1) is 24.3 Å². The molecule has 166 valence electrons. The van der Waals surface area contributed by atoms with E-state index in [1.54, 1.807) is 31.2 Å². The summed E-state index contributed by atoms with van der Waals surface area (Å²) < 4.78 is 0.640. The van der Waals surface area contributed by atoms with Gasteiger partial charge in [-0.1, -0.05) is 6.07 Å². The predicted molar refractivity (Wildman–Crippen MR) is 123 cm³/mol.